The number of nitrogens with zero attached hydrogens (tertiary/aromatic N) is 4. The first-order valence-electron chi connectivity index (χ1n) is 9.65. The molecule has 1 aromatic carbocycles. The van der Waals surface area contributed by atoms with Crippen LogP contribution in [-0.4, -0.2) is 54.0 Å². The van der Waals surface area contributed by atoms with Crippen molar-refractivity contribution in [1.82, 2.24) is 9.97 Å². The Morgan fingerprint density at radius 2 is 2.18 bits per heavy atom. The van der Waals surface area contributed by atoms with E-state index in [1.807, 2.05) is 24.3 Å². The second-order valence-corrected chi connectivity index (χ2v) is 7.17. The lowest BCUT2D eigenvalue weighted by atomic mass is 10.0. The molecule has 2 N–H and O–H groups in total. The van der Waals surface area contributed by atoms with E-state index in [2.05, 4.69) is 20.2 Å². The van der Waals surface area contributed by atoms with Crippen LogP contribution >= 0.6 is 0 Å². The Bertz CT molecular complexity index is 859. The van der Waals surface area contributed by atoms with Gasteiger partial charge < -0.3 is 20.1 Å². The van der Waals surface area contributed by atoms with Gasteiger partial charge in [-0.15, -0.1) is 0 Å². The smallest absolute Gasteiger partial charge is 0.414 e. The third-order valence-electron chi connectivity index (χ3n) is 5.21. The number of hydrogen-bond donors (Lipinski definition) is 2. The molecule has 8 nitrogen and oxygen atoms in total. The Labute approximate surface area is 164 Å². The summed E-state index contributed by atoms with van der Waals surface area (Å²) in [5, 5.41) is 13.2. The molecule has 3 heterocycles. The van der Waals surface area contributed by atoms with Crippen molar-refractivity contribution in [2.75, 3.05) is 41.9 Å². The van der Waals surface area contributed by atoms with Crippen molar-refractivity contribution < 1.29 is 14.6 Å². The van der Waals surface area contributed by atoms with Gasteiger partial charge in [-0.25, -0.2) is 9.78 Å². The van der Waals surface area contributed by atoms with Crippen LogP contribution in [0.5, 0.6) is 0 Å². The SMILES string of the molecule is COC(=O)N1CCCc2cc(Nc3nccc(N4CCCC(O)C4)n3)ccc21. The van der Waals surface area contributed by atoms with Gasteiger partial charge in [0.25, 0.3) is 0 Å². The zero-order valence-electron chi connectivity index (χ0n) is 16.0. The fourth-order valence-electron chi connectivity index (χ4n) is 3.85. The Hall–Kier alpha value is -2.87. The van der Waals surface area contributed by atoms with Gasteiger partial charge in [0.05, 0.1) is 18.9 Å². The third-order valence-corrected chi connectivity index (χ3v) is 5.21. The summed E-state index contributed by atoms with van der Waals surface area (Å²) in [4.78, 5) is 24.6. The number of anilines is 4. The molecule has 1 atom stereocenters. The number of carbonyl (C=O) groups excluding carboxylic acids is 1. The quantitative estimate of drug-likeness (QED) is 0.842. The number of methoxy groups -OCH3 is 1. The maximum Gasteiger partial charge on any atom is 0.414 e. The van der Waals surface area contributed by atoms with Gasteiger partial charge in [-0.3, -0.25) is 4.90 Å². The van der Waals surface area contributed by atoms with E-state index in [-0.39, 0.29) is 12.2 Å². The number of aliphatic hydroxyl groups excluding tert-OH is 1. The van der Waals surface area contributed by atoms with Gasteiger partial charge in [0.1, 0.15) is 5.82 Å². The number of nitrogens with one attached hydrogen (secondary N) is 1. The summed E-state index contributed by atoms with van der Waals surface area (Å²) in [5.41, 5.74) is 2.86. The van der Waals surface area contributed by atoms with Gasteiger partial charge in [0, 0.05) is 31.5 Å². The molecule has 1 aromatic heterocycles. The molecular weight excluding hydrogens is 358 g/mol. The molecule has 1 fully saturated rings. The molecule has 1 saturated heterocycles. The number of aryl methyl sites for hydroxylation is 1. The molecule has 0 bridgehead atoms. The highest BCUT2D eigenvalue weighted by molar-refractivity contribution is 5.89. The van der Waals surface area contributed by atoms with Crippen molar-refractivity contribution in [2.24, 2.45) is 0 Å². The summed E-state index contributed by atoms with van der Waals surface area (Å²) in [6.07, 6.45) is 4.68. The first-order valence-corrected chi connectivity index (χ1v) is 9.65. The van der Waals surface area contributed by atoms with Crippen LogP contribution in [0, 0.1) is 0 Å². The van der Waals surface area contributed by atoms with E-state index in [4.69, 9.17) is 4.74 Å². The molecule has 0 aliphatic carbocycles. The molecule has 1 unspecified atom stereocenters. The number of piperidine rings is 1. The van der Waals surface area contributed by atoms with E-state index >= 15 is 0 Å². The summed E-state index contributed by atoms with van der Waals surface area (Å²) in [6.45, 7) is 2.15. The Balaban J connectivity index is 1.52. The number of aliphatic hydroxyl groups is 1. The van der Waals surface area contributed by atoms with Gasteiger partial charge in [-0.05, 0) is 55.5 Å². The van der Waals surface area contributed by atoms with Crippen LogP contribution in [0.1, 0.15) is 24.8 Å². The van der Waals surface area contributed by atoms with Crippen LogP contribution in [0.3, 0.4) is 0 Å². The van der Waals surface area contributed by atoms with E-state index in [0.29, 0.717) is 19.0 Å². The summed E-state index contributed by atoms with van der Waals surface area (Å²) >= 11 is 0. The number of rotatable bonds is 3. The summed E-state index contributed by atoms with van der Waals surface area (Å²) < 4.78 is 4.88. The minimum Gasteiger partial charge on any atom is -0.452 e. The van der Waals surface area contributed by atoms with Gasteiger partial charge >= 0.3 is 6.09 Å². The van der Waals surface area contributed by atoms with E-state index in [9.17, 15) is 9.90 Å². The monoisotopic (exact) mass is 383 g/mol. The van der Waals surface area contributed by atoms with E-state index in [0.717, 1.165) is 55.0 Å². The fourth-order valence-corrected chi connectivity index (χ4v) is 3.85. The van der Waals surface area contributed by atoms with Crippen LogP contribution in [0.25, 0.3) is 0 Å². The number of benzene rings is 1. The molecule has 0 spiro atoms. The molecule has 4 rings (SSSR count). The normalized spacial score (nSPS) is 19.1. The zero-order chi connectivity index (χ0) is 19.5. The predicted molar refractivity (Wildman–Crippen MR) is 107 cm³/mol. The zero-order valence-corrected chi connectivity index (χ0v) is 16.0. The number of ether oxygens (including phenoxy) is 1. The molecule has 8 heteroatoms. The van der Waals surface area contributed by atoms with Crippen LogP contribution < -0.4 is 15.1 Å². The molecule has 0 radical (unpaired) electrons. The maximum absolute atomic E-state index is 12.0. The largest absolute Gasteiger partial charge is 0.452 e. The third kappa shape index (κ3) is 3.87. The molecule has 2 aromatic rings. The Morgan fingerprint density at radius 3 is 3.00 bits per heavy atom. The van der Waals surface area contributed by atoms with Crippen LogP contribution in [0.15, 0.2) is 30.5 Å². The fraction of sp³-hybridized carbons (Fsp3) is 0.450. The van der Waals surface area contributed by atoms with Crippen molar-refractivity contribution in [2.45, 2.75) is 31.8 Å². The number of aromatic nitrogens is 2. The summed E-state index contributed by atoms with van der Waals surface area (Å²) in [5.74, 6) is 1.32. The lowest BCUT2D eigenvalue weighted by Crippen LogP contribution is -2.38. The second kappa shape index (κ2) is 8.02. The second-order valence-electron chi connectivity index (χ2n) is 7.17. The number of β-amino-alcohol motifs (C(OH)–C–C–N with tert-alkyl or cyclic N) is 1. The van der Waals surface area contributed by atoms with Crippen molar-refractivity contribution in [3.63, 3.8) is 0 Å². The highest BCUT2D eigenvalue weighted by atomic mass is 16.5. The number of carbonyl (C=O) groups is 1. The lowest BCUT2D eigenvalue weighted by molar-refractivity contribution is 0.154. The molecule has 148 valence electrons. The number of amides is 1. The summed E-state index contributed by atoms with van der Waals surface area (Å²) in [7, 11) is 1.40. The van der Waals surface area contributed by atoms with Crippen LogP contribution in [0.2, 0.25) is 0 Å². The van der Waals surface area contributed by atoms with Gasteiger partial charge in [-0.1, -0.05) is 0 Å². The maximum atomic E-state index is 12.0. The summed E-state index contributed by atoms with van der Waals surface area (Å²) in [6, 6.07) is 7.74. The van der Waals surface area contributed by atoms with Crippen molar-refractivity contribution in [3.05, 3.63) is 36.0 Å². The van der Waals surface area contributed by atoms with Crippen LogP contribution in [0.4, 0.5) is 27.9 Å². The van der Waals surface area contributed by atoms with Gasteiger partial charge in [0.15, 0.2) is 0 Å². The molecule has 1 amide bonds. The van der Waals surface area contributed by atoms with Crippen LogP contribution in [-0.2, 0) is 11.2 Å². The molecule has 0 saturated carbocycles. The lowest BCUT2D eigenvalue weighted by Gasteiger charge is -2.31. The first kappa shape index (κ1) is 18.5. The number of fused-ring (bicyclic) bond motifs is 1. The minimum absolute atomic E-state index is 0.307. The highest BCUT2D eigenvalue weighted by Gasteiger charge is 2.23. The minimum atomic E-state index is -0.332. The topological polar surface area (TPSA) is 90.8 Å². The van der Waals surface area contributed by atoms with Gasteiger partial charge in [0.2, 0.25) is 5.95 Å². The van der Waals surface area contributed by atoms with Crippen molar-refractivity contribution >= 4 is 29.2 Å². The number of hydrogen-bond acceptors (Lipinski definition) is 7. The average molecular weight is 383 g/mol. The van der Waals surface area contributed by atoms with Crippen molar-refractivity contribution in [1.29, 1.82) is 0 Å². The highest BCUT2D eigenvalue weighted by Crippen LogP contribution is 2.31. The van der Waals surface area contributed by atoms with Gasteiger partial charge in [-0.2, -0.15) is 4.98 Å². The van der Waals surface area contributed by atoms with Crippen molar-refractivity contribution in [3.8, 4) is 0 Å². The Morgan fingerprint density at radius 1 is 1.29 bits per heavy atom. The average Bonchev–Trinajstić information content (AvgIpc) is 2.73. The van der Waals surface area contributed by atoms with E-state index < -0.39 is 0 Å². The standard InChI is InChI=1S/C20H25N5O3/c1-28-20(27)25-11-2-4-14-12-15(6-7-17(14)25)22-19-21-9-8-18(23-19)24-10-3-5-16(26)13-24/h6-9,12,16,26H,2-5,10-11,13H2,1H3,(H,21,22,23). The van der Waals surface area contributed by atoms with E-state index in [1.165, 1.54) is 7.11 Å². The molecular formula is C20H25N5O3. The first-order chi connectivity index (χ1) is 13.6. The van der Waals surface area contributed by atoms with E-state index in [1.54, 1.807) is 11.1 Å². The molecule has 2 aliphatic heterocycles. The predicted octanol–water partition coefficient (Wildman–Crippen LogP) is 2.70. The Kier molecular flexibility index (Phi) is 5.29. The molecule has 2 aliphatic rings. The molecule has 28 heavy (non-hydrogen) atoms.